The van der Waals surface area contributed by atoms with E-state index in [-0.39, 0.29) is 11.3 Å². The number of aryl methyl sites for hydroxylation is 1. The molecule has 8 heteroatoms. The number of likely N-dealkylation sites (tertiary alicyclic amines) is 1. The van der Waals surface area contributed by atoms with Gasteiger partial charge in [-0.3, -0.25) is 9.59 Å². The van der Waals surface area contributed by atoms with Gasteiger partial charge in [0, 0.05) is 48.0 Å². The summed E-state index contributed by atoms with van der Waals surface area (Å²) in [6.07, 6.45) is 0.553. The summed E-state index contributed by atoms with van der Waals surface area (Å²) in [4.78, 5) is 31.3. The molecule has 2 heterocycles. The van der Waals surface area contributed by atoms with Gasteiger partial charge in [-0.2, -0.15) is 0 Å². The van der Waals surface area contributed by atoms with E-state index in [1.54, 1.807) is 25.3 Å². The number of hydrogen-bond donors (Lipinski definition) is 2. The molecule has 178 valence electrons. The van der Waals surface area contributed by atoms with E-state index in [0.717, 1.165) is 22.2 Å². The number of Topliss-reactive ketones (excluding diaryl/α,β-unsaturated/α-hetero) is 1. The summed E-state index contributed by atoms with van der Waals surface area (Å²) < 4.78 is 15.8. The van der Waals surface area contributed by atoms with Gasteiger partial charge in [-0.1, -0.05) is 18.2 Å². The predicted octanol–water partition coefficient (Wildman–Crippen LogP) is 3.95. The lowest BCUT2D eigenvalue weighted by Gasteiger charge is -2.25. The third kappa shape index (κ3) is 3.90. The zero-order valence-corrected chi connectivity index (χ0v) is 19.7. The number of nitrogens with one attached hydrogen (secondary N) is 1. The summed E-state index contributed by atoms with van der Waals surface area (Å²) in [7, 11) is 4.60. The van der Waals surface area contributed by atoms with E-state index in [1.165, 1.54) is 19.1 Å². The Morgan fingerprint density at radius 1 is 1.06 bits per heavy atom. The second-order valence-corrected chi connectivity index (χ2v) is 8.12. The number of hydrogen-bond acceptors (Lipinski definition) is 6. The molecule has 2 aromatic carbocycles. The number of amides is 1. The SMILES string of the molecule is COCCCN1C(=O)C(=O)/C(=C(/O)c2ccc(OC)c(OC)c2)C1c1c(C)[nH]c2ccccc12. The van der Waals surface area contributed by atoms with Crippen molar-refractivity contribution in [2.75, 3.05) is 34.5 Å². The molecule has 1 saturated heterocycles. The maximum absolute atomic E-state index is 13.3. The molecule has 4 rings (SSSR count). The number of carbonyl (C=O) groups excluding carboxylic acids is 2. The number of rotatable bonds is 8. The minimum absolute atomic E-state index is 0.0440. The van der Waals surface area contributed by atoms with E-state index in [4.69, 9.17) is 14.2 Å². The second kappa shape index (κ2) is 9.61. The standard InChI is InChI=1S/C26H28N2O6/c1-15-21(17-8-5-6-9-18(17)27-15)23-22(25(30)26(31)28(23)12-7-13-32-2)24(29)16-10-11-19(33-3)20(14-16)34-4/h5-6,8-11,14,23,27,29H,7,12-13H2,1-4H3/b24-22+. The van der Waals surface area contributed by atoms with Crippen LogP contribution in [-0.2, 0) is 14.3 Å². The quantitative estimate of drug-likeness (QED) is 0.227. The van der Waals surface area contributed by atoms with Gasteiger partial charge in [0.05, 0.1) is 25.8 Å². The van der Waals surface area contributed by atoms with Gasteiger partial charge in [-0.05, 0) is 37.6 Å². The zero-order chi connectivity index (χ0) is 24.4. The number of aliphatic hydroxyl groups is 1. The van der Waals surface area contributed by atoms with E-state index in [0.29, 0.717) is 36.6 Å². The lowest BCUT2D eigenvalue weighted by Crippen LogP contribution is -2.31. The minimum atomic E-state index is -0.749. The van der Waals surface area contributed by atoms with Gasteiger partial charge < -0.3 is 29.2 Å². The number of aliphatic hydroxyl groups excluding tert-OH is 1. The van der Waals surface area contributed by atoms with Crippen molar-refractivity contribution in [3.8, 4) is 11.5 Å². The Labute approximate surface area is 197 Å². The lowest BCUT2D eigenvalue weighted by molar-refractivity contribution is -0.140. The first-order valence-corrected chi connectivity index (χ1v) is 11.0. The Bertz CT molecular complexity index is 1280. The molecular weight excluding hydrogens is 436 g/mol. The molecule has 0 spiro atoms. The average Bonchev–Trinajstić information content (AvgIpc) is 3.30. The molecule has 1 aliphatic heterocycles. The highest BCUT2D eigenvalue weighted by Crippen LogP contribution is 2.44. The van der Waals surface area contributed by atoms with E-state index in [1.807, 2.05) is 31.2 Å². The Morgan fingerprint density at radius 2 is 1.79 bits per heavy atom. The fourth-order valence-corrected chi connectivity index (χ4v) is 4.58. The smallest absolute Gasteiger partial charge is 0.295 e. The van der Waals surface area contributed by atoms with E-state index >= 15 is 0 Å². The number of aromatic amines is 1. The van der Waals surface area contributed by atoms with Crippen molar-refractivity contribution < 1.29 is 28.9 Å². The largest absolute Gasteiger partial charge is 0.507 e. The average molecular weight is 465 g/mol. The van der Waals surface area contributed by atoms with E-state index in [9.17, 15) is 14.7 Å². The number of carbonyl (C=O) groups is 2. The van der Waals surface area contributed by atoms with Crippen molar-refractivity contribution in [2.45, 2.75) is 19.4 Å². The number of methoxy groups -OCH3 is 3. The van der Waals surface area contributed by atoms with Crippen molar-refractivity contribution in [1.82, 2.24) is 9.88 Å². The van der Waals surface area contributed by atoms with Gasteiger partial charge in [-0.25, -0.2) is 0 Å². The molecule has 1 atom stereocenters. The molecule has 1 unspecified atom stereocenters. The van der Waals surface area contributed by atoms with Gasteiger partial charge in [0.25, 0.3) is 11.7 Å². The van der Waals surface area contributed by atoms with Crippen molar-refractivity contribution in [2.24, 2.45) is 0 Å². The molecule has 8 nitrogen and oxygen atoms in total. The third-order valence-electron chi connectivity index (χ3n) is 6.16. The zero-order valence-electron chi connectivity index (χ0n) is 19.7. The summed E-state index contributed by atoms with van der Waals surface area (Å²) in [6, 6.07) is 11.8. The highest BCUT2D eigenvalue weighted by atomic mass is 16.5. The fraction of sp³-hybridized carbons (Fsp3) is 0.308. The first-order chi connectivity index (χ1) is 16.4. The summed E-state index contributed by atoms with van der Waals surface area (Å²) in [5, 5.41) is 12.3. The predicted molar refractivity (Wildman–Crippen MR) is 128 cm³/mol. The van der Waals surface area contributed by atoms with Crippen LogP contribution < -0.4 is 9.47 Å². The molecule has 2 N–H and O–H groups in total. The van der Waals surface area contributed by atoms with Crippen LogP contribution in [0.3, 0.4) is 0 Å². The lowest BCUT2D eigenvalue weighted by atomic mass is 9.93. The highest BCUT2D eigenvalue weighted by molar-refractivity contribution is 6.46. The Balaban J connectivity index is 1.93. The van der Waals surface area contributed by atoms with Crippen LogP contribution in [0.5, 0.6) is 11.5 Å². The van der Waals surface area contributed by atoms with Crippen molar-refractivity contribution in [1.29, 1.82) is 0 Å². The van der Waals surface area contributed by atoms with Crippen molar-refractivity contribution in [3.63, 3.8) is 0 Å². The summed E-state index contributed by atoms with van der Waals surface area (Å²) in [5.74, 6) is -0.737. The molecule has 34 heavy (non-hydrogen) atoms. The molecule has 0 aliphatic carbocycles. The van der Waals surface area contributed by atoms with Crippen LogP contribution in [0.15, 0.2) is 48.0 Å². The van der Waals surface area contributed by atoms with E-state index < -0.39 is 17.7 Å². The van der Waals surface area contributed by atoms with Crippen molar-refractivity contribution >= 4 is 28.4 Å². The van der Waals surface area contributed by atoms with Crippen molar-refractivity contribution in [3.05, 3.63) is 64.9 Å². The molecule has 0 bridgehead atoms. The summed E-state index contributed by atoms with van der Waals surface area (Å²) in [5.41, 5.74) is 2.90. The van der Waals surface area contributed by atoms with Crippen LogP contribution in [0.2, 0.25) is 0 Å². The first-order valence-electron chi connectivity index (χ1n) is 11.0. The number of fused-ring (bicyclic) bond motifs is 1. The molecule has 1 aromatic heterocycles. The molecular formula is C26H28N2O6. The summed E-state index contributed by atoms with van der Waals surface area (Å²) >= 11 is 0. The summed E-state index contributed by atoms with van der Waals surface area (Å²) in [6.45, 7) is 2.66. The second-order valence-electron chi connectivity index (χ2n) is 8.12. The van der Waals surface area contributed by atoms with Gasteiger partial charge >= 0.3 is 0 Å². The molecule has 1 aliphatic rings. The number of para-hydroxylation sites is 1. The maximum atomic E-state index is 13.3. The van der Waals surface area contributed by atoms with Gasteiger partial charge in [0.1, 0.15) is 5.76 Å². The Kier molecular flexibility index (Phi) is 6.61. The minimum Gasteiger partial charge on any atom is -0.507 e. The molecule has 1 fully saturated rings. The van der Waals surface area contributed by atoms with Crippen LogP contribution >= 0.6 is 0 Å². The Morgan fingerprint density at radius 3 is 2.50 bits per heavy atom. The number of ketones is 1. The molecule has 0 saturated carbocycles. The molecule has 1 amide bonds. The monoisotopic (exact) mass is 464 g/mol. The van der Waals surface area contributed by atoms with Crippen LogP contribution in [0.4, 0.5) is 0 Å². The highest BCUT2D eigenvalue weighted by Gasteiger charge is 2.47. The van der Waals surface area contributed by atoms with Gasteiger partial charge in [-0.15, -0.1) is 0 Å². The molecule has 3 aromatic rings. The fourth-order valence-electron chi connectivity index (χ4n) is 4.58. The van der Waals surface area contributed by atoms with Gasteiger partial charge in [0.2, 0.25) is 0 Å². The third-order valence-corrected chi connectivity index (χ3v) is 6.16. The molecule has 0 radical (unpaired) electrons. The maximum Gasteiger partial charge on any atom is 0.295 e. The van der Waals surface area contributed by atoms with Crippen LogP contribution in [0.25, 0.3) is 16.7 Å². The van der Waals surface area contributed by atoms with Crippen LogP contribution in [-0.4, -0.2) is 61.2 Å². The number of benzene rings is 2. The Hall–Kier alpha value is -3.78. The van der Waals surface area contributed by atoms with Crippen LogP contribution in [0, 0.1) is 6.92 Å². The normalized spacial score (nSPS) is 17.5. The number of nitrogens with zero attached hydrogens (tertiary/aromatic N) is 1. The number of H-pyrrole nitrogens is 1. The first kappa shape index (κ1) is 23.4. The van der Waals surface area contributed by atoms with Gasteiger partial charge in [0.15, 0.2) is 11.5 Å². The van der Waals surface area contributed by atoms with Crippen LogP contribution in [0.1, 0.15) is 29.3 Å². The topological polar surface area (TPSA) is 101 Å². The number of ether oxygens (including phenoxy) is 3. The number of aromatic nitrogens is 1. The van der Waals surface area contributed by atoms with E-state index in [2.05, 4.69) is 4.98 Å².